The van der Waals surface area contributed by atoms with Crippen LogP contribution < -0.4 is 10.1 Å². The molecule has 2 aromatic heterocycles. The van der Waals surface area contributed by atoms with Gasteiger partial charge in [-0.05, 0) is 49.4 Å². The number of methoxy groups -OCH3 is 1. The Labute approximate surface area is 214 Å². The van der Waals surface area contributed by atoms with Crippen LogP contribution in [0.3, 0.4) is 0 Å². The fourth-order valence-electron chi connectivity index (χ4n) is 4.10. The number of nitrogens with zero attached hydrogens (tertiary/aromatic N) is 2. The Morgan fingerprint density at radius 1 is 1.14 bits per heavy atom. The third-order valence-corrected chi connectivity index (χ3v) is 9.44. The molecule has 0 atom stereocenters. The van der Waals surface area contributed by atoms with Crippen LogP contribution in [0.2, 0.25) is 0 Å². The summed E-state index contributed by atoms with van der Waals surface area (Å²) < 4.78 is 45.6. The molecular formula is C23H24FN3O6S3. The molecule has 13 heteroatoms. The van der Waals surface area contributed by atoms with E-state index in [-0.39, 0.29) is 15.4 Å². The summed E-state index contributed by atoms with van der Waals surface area (Å²) in [5, 5.41) is 2.79. The van der Waals surface area contributed by atoms with Gasteiger partial charge in [0.2, 0.25) is 5.91 Å². The Morgan fingerprint density at radius 2 is 1.89 bits per heavy atom. The number of nitrogens with one attached hydrogen (secondary N) is 1. The summed E-state index contributed by atoms with van der Waals surface area (Å²) in [7, 11) is -1.27. The Bertz CT molecular complexity index is 1530. The molecule has 0 unspecified atom stereocenters. The van der Waals surface area contributed by atoms with Gasteiger partial charge >= 0.3 is 5.97 Å². The lowest BCUT2D eigenvalue weighted by atomic mass is 10.1. The Kier molecular flexibility index (Phi) is 7.71. The smallest absolute Gasteiger partial charge is 0.341 e. The molecule has 3 aromatic rings. The molecule has 192 valence electrons. The maximum Gasteiger partial charge on any atom is 0.341 e. The summed E-state index contributed by atoms with van der Waals surface area (Å²) in [6.45, 7) is 0. The van der Waals surface area contributed by atoms with Crippen LogP contribution in [0, 0.1) is 5.82 Å². The topological polar surface area (TPSA) is 124 Å². The average molecular weight is 554 g/mol. The minimum absolute atomic E-state index is 0.211. The first kappa shape index (κ1) is 26.2. The second kappa shape index (κ2) is 10.6. The van der Waals surface area contributed by atoms with E-state index in [1.165, 1.54) is 30.6 Å². The second-order valence-corrected chi connectivity index (χ2v) is 12.6. The molecule has 1 aromatic carbocycles. The number of thiophene rings is 1. The highest BCUT2D eigenvalue weighted by Gasteiger charge is 2.28. The number of aromatic nitrogens is 1. The number of anilines is 1. The first-order valence-electron chi connectivity index (χ1n) is 11.1. The second-order valence-electron chi connectivity index (χ2n) is 8.40. The van der Waals surface area contributed by atoms with Crippen LogP contribution in [0.15, 0.2) is 23.2 Å². The van der Waals surface area contributed by atoms with E-state index in [9.17, 15) is 27.2 Å². The highest BCUT2D eigenvalue weighted by molar-refractivity contribution is 7.92. The number of carbonyl (C=O) groups excluding carboxylic acids is 3. The van der Waals surface area contributed by atoms with Gasteiger partial charge in [-0.1, -0.05) is 17.8 Å². The van der Waals surface area contributed by atoms with Gasteiger partial charge in [-0.15, -0.1) is 11.3 Å². The number of ether oxygens (including phenoxy) is 1. The maximum absolute atomic E-state index is 13.5. The molecule has 1 aliphatic carbocycles. The molecule has 9 nitrogen and oxygen atoms in total. The van der Waals surface area contributed by atoms with Crippen LogP contribution >= 0.6 is 22.7 Å². The van der Waals surface area contributed by atoms with Crippen molar-refractivity contribution in [2.45, 2.75) is 32.1 Å². The van der Waals surface area contributed by atoms with Crippen molar-refractivity contribution in [2.75, 3.05) is 23.9 Å². The minimum atomic E-state index is -4.15. The predicted molar refractivity (Wildman–Crippen MR) is 136 cm³/mol. The van der Waals surface area contributed by atoms with E-state index in [0.717, 1.165) is 47.5 Å². The monoisotopic (exact) mass is 553 g/mol. The van der Waals surface area contributed by atoms with Crippen molar-refractivity contribution in [3.05, 3.63) is 44.8 Å². The van der Waals surface area contributed by atoms with E-state index in [4.69, 9.17) is 4.74 Å². The maximum atomic E-state index is 13.5. The lowest BCUT2D eigenvalue weighted by Gasteiger charge is -2.07. The molecule has 0 aliphatic heterocycles. The summed E-state index contributed by atoms with van der Waals surface area (Å²) in [5.74, 6) is -4.73. The first-order chi connectivity index (χ1) is 17.1. The number of hydrogen-bond donors (Lipinski definition) is 1. The van der Waals surface area contributed by atoms with Gasteiger partial charge in [-0.2, -0.15) is 4.99 Å². The van der Waals surface area contributed by atoms with Crippen LogP contribution in [0.4, 0.5) is 9.39 Å². The van der Waals surface area contributed by atoms with Crippen molar-refractivity contribution >= 4 is 65.5 Å². The number of aryl methyl sites for hydroxylation is 2. The molecule has 2 amide bonds. The van der Waals surface area contributed by atoms with E-state index in [1.807, 2.05) is 0 Å². The van der Waals surface area contributed by atoms with Crippen molar-refractivity contribution in [3.63, 3.8) is 0 Å². The zero-order valence-electron chi connectivity index (χ0n) is 19.6. The number of benzene rings is 1. The minimum Gasteiger partial charge on any atom is -0.465 e. The lowest BCUT2D eigenvalue weighted by molar-refractivity contribution is -0.115. The summed E-state index contributed by atoms with van der Waals surface area (Å²) in [5.41, 5.74) is 1.75. The SMILES string of the molecule is COC(=O)c1c(NC(=O)CS(=O)(=O)CC(=O)N=c2sc3cc(F)ccc3n2C)sc2c1CCCCC2. The lowest BCUT2D eigenvalue weighted by Crippen LogP contribution is -2.28. The normalized spacial score (nSPS) is 14.4. The molecule has 0 saturated heterocycles. The number of rotatable bonds is 6. The Morgan fingerprint density at radius 3 is 2.64 bits per heavy atom. The molecule has 1 aliphatic rings. The Balaban J connectivity index is 1.49. The highest BCUT2D eigenvalue weighted by atomic mass is 32.2. The van der Waals surface area contributed by atoms with E-state index >= 15 is 0 Å². The highest BCUT2D eigenvalue weighted by Crippen LogP contribution is 2.38. The summed E-state index contributed by atoms with van der Waals surface area (Å²) in [6, 6.07) is 4.12. The zero-order chi connectivity index (χ0) is 26.0. The van der Waals surface area contributed by atoms with Crippen molar-refractivity contribution in [1.29, 1.82) is 0 Å². The number of sulfone groups is 1. The summed E-state index contributed by atoms with van der Waals surface area (Å²) >= 11 is 2.30. The number of halogens is 1. The third kappa shape index (κ3) is 5.73. The average Bonchev–Trinajstić information content (AvgIpc) is 3.17. The number of esters is 1. The molecule has 0 fully saturated rings. The van der Waals surface area contributed by atoms with Crippen molar-refractivity contribution in [2.24, 2.45) is 12.0 Å². The number of amides is 2. The van der Waals surface area contributed by atoms with E-state index in [2.05, 4.69) is 10.3 Å². The molecule has 0 bridgehead atoms. The fourth-order valence-corrected chi connectivity index (χ4v) is 7.47. The van der Waals surface area contributed by atoms with Crippen molar-refractivity contribution in [3.8, 4) is 0 Å². The molecule has 4 rings (SSSR count). The van der Waals surface area contributed by atoms with Gasteiger partial charge in [-0.25, -0.2) is 17.6 Å². The van der Waals surface area contributed by atoms with Crippen LogP contribution in [0.5, 0.6) is 0 Å². The van der Waals surface area contributed by atoms with Gasteiger partial charge < -0.3 is 14.6 Å². The van der Waals surface area contributed by atoms with Crippen molar-refractivity contribution < 1.29 is 31.9 Å². The van der Waals surface area contributed by atoms with E-state index in [0.29, 0.717) is 16.6 Å². The molecule has 1 N–H and O–H groups in total. The fraction of sp³-hybridized carbons (Fsp3) is 0.391. The number of thiazole rings is 1. The first-order valence-corrected chi connectivity index (χ1v) is 14.6. The standard InChI is InChI=1S/C23H24FN3O6S3/c1-27-15-9-8-13(24)10-17(15)35-23(27)26-19(29)12-36(31,32)11-18(28)25-21-20(22(30)33-2)14-6-4-3-5-7-16(14)34-21/h8-10H,3-7,11-12H2,1-2H3,(H,25,28). The van der Waals surface area contributed by atoms with Gasteiger partial charge in [0.1, 0.15) is 22.3 Å². The summed E-state index contributed by atoms with van der Waals surface area (Å²) in [4.78, 5) is 42.5. The quantitative estimate of drug-likeness (QED) is 0.370. The van der Waals surface area contributed by atoms with Crippen LogP contribution in [0.1, 0.15) is 40.1 Å². The largest absolute Gasteiger partial charge is 0.465 e. The van der Waals surface area contributed by atoms with Gasteiger partial charge in [0.25, 0.3) is 5.91 Å². The van der Waals surface area contributed by atoms with Gasteiger partial charge in [0.05, 0.1) is 22.9 Å². The molecular weight excluding hydrogens is 529 g/mol. The number of hydrogen-bond acceptors (Lipinski definition) is 8. The van der Waals surface area contributed by atoms with Crippen LogP contribution in [0.25, 0.3) is 10.2 Å². The number of fused-ring (bicyclic) bond motifs is 2. The molecule has 0 saturated carbocycles. The van der Waals surface area contributed by atoms with Gasteiger partial charge in [0, 0.05) is 11.9 Å². The molecule has 0 spiro atoms. The van der Waals surface area contributed by atoms with Crippen LogP contribution in [-0.4, -0.2) is 49.4 Å². The molecule has 36 heavy (non-hydrogen) atoms. The van der Waals surface area contributed by atoms with Crippen LogP contribution in [-0.2, 0) is 44.1 Å². The molecule has 2 heterocycles. The van der Waals surface area contributed by atoms with Gasteiger partial charge in [-0.3, -0.25) is 9.59 Å². The zero-order valence-corrected chi connectivity index (χ0v) is 22.1. The Hall–Kier alpha value is -2.90. The summed E-state index contributed by atoms with van der Waals surface area (Å²) in [6.07, 6.45) is 4.37. The number of carbonyl (C=O) groups is 3. The predicted octanol–water partition coefficient (Wildman–Crippen LogP) is 2.98. The van der Waals surface area contributed by atoms with E-state index in [1.54, 1.807) is 17.7 Å². The molecule has 0 radical (unpaired) electrons. The van der Waals surface area contributed by atoms with Gasteiger partial charge in [0.15, 0.2) is 14.6 Å². The third-order valence-electron chi connectivity index (χ3n) is 5.75. The van der Waals surface area contributed by atoms with E-state index < -0.39 is 44.9 Å². The van der Waals surface area contributed by atoms with Crippen molar-refractivity contribution in [1.82, 2.24) is 4.57 Å².